The summed E-state index contributed by atoms with van der Waals surface area (Å²) in [5.74, 6) is 0.312. The van der Waals surface area contributed by atoms with E-state index in [-0.39, 0.29) is 17.5 Å². The predicted octanol–water partition coefficient (Wildman–Crippen LogP) is 3.96. The molecule has 0 fully saturated rings. The number of hydrogen-bond acceptors (Lipinski definition) is 8. The number of carbonyl (C=O) groups excluding carboxylic acids is 1. The summed E-state index contributed by atoms with van der Waals surface area (Å²) in [5, 5.41) is 5.72. The quantitative estimate of drug-likeness (QED) is 0.529. The van der Waals surface area contributed by atoms with Gasteiger partial charge in [0.2, 0.25) is 11.9 Å². The maximum atomic E-state index is 14.6. The fourth-order valence-electron chi connectivity index (χ4n) is 3.26. The molecule has 2 aromatic carbocycles. The van der Waals surface area contributed by atoms with E-state index in [1.165, 1.54) is 0 Å². The molecule has 4 rings (SSSR count). The summed E-state index contributed by atoms with van der Waals surface area (Å²) in [6, 6.07) is 12.0. The van der Waals surface area contributed by atoms with Crippen molar-refractivity contribution in [1.82, 2.24) is 9.97 Å². The topological polar surface area (TPSA) is 104 Å². The normalized spacial score (nSPS) is 14.2. The van der Waals surface area contributed by atoms with Gasteiger partial charge in [0.25, 0.3) is 0 Å². The minimum absolute atomic E-state index is 0.0836. The van der Waals surface area contributed by atoms with Crippen LogP contribution in [0.1, 0.15) is 0 Å². The molecule has 0 aliphatic carbocycles. The second-order valence-corrected chi connectivity index (χ2v) is 7.37. The van der Waals surface area contributed by atoms with E-state index in [2.05, 4.69) is 27.2 Å². The molecule has 0 atom stereocenters. The monoisotopic (exact) mass is 480 g/mol. The average molecular weight is 480 g/mol. The fourth-order valence-corrected chi connectivity index (χ4v) is 3.26. The van der Waals surface area contributed by atoms with Crippen LogP contribution in [0.5, 0.6) is 11.5 Å². The molecule has 0 radical (unpaired) electrons. The van der Waals surface area contributed by atoms with Crippen LogP contribution in [-0.4, -0.2) is 55.5 Å². The van der Waals surface area contributed by atoms with Crippen LogP contribution in [0, 0.1) is 5.82 Å². The third kappa shape index (κ3) is 6.75. The van der Waals surface area contributed by atoms with Gasteiger partial charge in [-0.15, -0.1) is 0 Å². The van der Waals surface area contributed by atoms with E-state index in [0.29, 0.717) is 68.1 Å². The molecule has 35 heavy (non-hydrogen) atoms. The number of benzene rings is 2. The van der Waals surface area contributed by atoms with Gasteiger partial charge in [0.15, 0.2) is 17.3 Å². The highest BCUT2D eigenvalue weighted by molar-refractivity contribution is 5.99. The highest BCUT2D eigenvalue weighted by atomic mass is 19.1. The molecule has 10 heteroatoms. The Labute approximate surface area is 201 Å². The molecule has 9 nitrogen and oxygen atoms in total. The molecule has 0 spiro atoms. The van der Waals surface area contributed by atoms with E-state index in [9.17, 15) is 9.18 Å². The summed E-state index contributed by atoms with van der Waals surface area (Å²) >= 11 is 0. The number of nitrogens with zero attached hydrogens (tertiary/aromatic N) is 2. The van der Waals surface area contributed by atoms with E-state index in [1.54, 1.807) is 42.5 Å². The summed E-state index contributed by atoms with van der Waals surface area (Å²) < 4.78 is 37.1. The van der Waals surface area contributed by atoms with Gasteiger partial charge in [0.05, 0.1) is 32.6 Å². The molecule has 1 amide bonds. The minimum Gasteiger partial charge on any atom is -0.487 e. The molecular weight excluding hydrogens is 455 g/mol. The number of aromatic nitrogens is 2. The molecule has 0 unspecified atom stereocenters. The van der Waals surface area contributed by atoms with Crippen molar-refractivity contribution < 1.29 is 28.1 Å². The van der Waals surface area contributed by atoms with Crippen molar-refractivity contribution >= 4 is 23.2 Å². The van der Waals surface area contributed by atoms with Crippen LogP contribution in [0.15, 0.2) is 61.3 Å². The van der Waals surface area contributed by atoms with Gasteiger partial charge in [-0.3, -0.25) is 4.79 Å². The second-order valence-electron chi connectivity index (χ2n) is 7.37. The van der Waals surface area contributed by atoms with Gasteiger partial charge in [-0.2, -0.15) is 0 Å². The lowest BCUT2D eigenvalue weighted by Gasteiger charge is -2.16. The first-order valence-corrected chi connectivity index (χ1v) is 11.0. The lowest BCUT2D eigenvalue weighted by atomic mass is 10.1. The molecule has 0 saturated carbocycles. The van der Waals surface area contributed by atoms with Gasteiger partial charge in [-0.05, 0) is 30.3 Å². The molecule has 2 N–H and O–H groups in total. The number of nitrogens with one attached hydrogen (secondary N) is 2. The predicted molar refractivity (Wildman–Crippen MR) is 129 cm³/mol. The summed E-state index contributed by atoms with van der Waals surface area (Å²) in [5.41, 5.74) is 1.68. The maximum absolute atomic E-state index is 14.6. The van der Waals surface area contributed by atoms with Crippen molar-refractivity contribution in [2.75, 3.05) is 50.3 Å². The highest BCUT2D eigenvalue weighted by Gasteiger charge is 2.13. The van der Waals surface area contributed by atoms with Gasteiger partial charge in [-0.1, -0.05) is 18.7 Å². The highest BCUT2D eigenvalue weighted by Crippen LogP contribution is 2.32. The number of halogens is 1. The summed E-state index contributed by atoms with van der Waals surface area (Å²) in [7, 11) is 0. The number of hydrogen-bond donors (Lipinski definition) is 2. The zero-order valence-electron chi connectivity index (χ0n) is 19.0. The third-order valence-corrected chi connectivity index (χ3v) is 4.88. The Morgan fingerprint density at radius 1 is 0.943 bits per heavy atom. The Morgan fingerprint density at radius 3 is 2.46 bits per heavy atom. The van der Waals surface area contributed by atoms with Gasteiger partial charge in [0, 0.05) is 23.0 Å². The Balaban J connectivity index is 1.54. The van der Waals surface area contributed by atoms with Crippen LogP contribution >= 0.6 is 0 Å². The number of ether oxygens (including phenoxy) is 4. The van der Waals surface area contributed by atoms with E-state index >= 15 is 0 Å². The Kier molecular flexibility index (Phi) is 8.21. The van der Waals surface area contributed by atoms with Gasteiger partial charge in [-0.25, -0.2) is 14.4 Å². The van der Waals surface area contributed by atoms with Crippen LogP contribution in [-0.2, 0) is 14.3 Å². The van der Waals surface area contributed by atoms with Crippen LogP contribution in [0.3, 0.4) is 0 Å². The van der Waals surface area contributed by atoms with Crippen molar-refractivity contribution in [2.45, 2.75) is 0 Å². The molecule has 2 heterocycles. The lowest BCUT2D eigenvalue weighted by molar-refractivity contribution is -0.111. The van der Waals surface area contributed by atoms with Crippen LogP contribution < -0.4 is 20.1 Å². The van der Waals surface area contributed by atoms with E-state index in [1.807, 2.05) is 0 Å². The van der Waals surface area contributed by atoms with E-state index in [4.69, 9.17) is 18.9 Å². The average Bonchev–Trinajstić information content (AvgIpc) is 2.86. The van der Waals surface area contributed by atoms with Gasteiger partial charge < -0.3 is 29.6 Å². The van der Waals surface area contributed by atoms with Crippen LogP contribution in [0.2, 0.25) is 0 Å². The second kappa shape index (κ2) is 11.9. The largest absolute Gasteiger partial charge is 0.487 e. The lowest BCUT2D eigenvalue weighted by Crippen LogP contribution is -2.15. The van der Waals surface area contributed by atoms with Gasteiger partial charge >= 0.3 is 0 Å². The number of rotatable bonds is 5. The fraction of sp³-hybridized carbons (Fsp3) is 0.240. The molecule has 1 aliphatic heterocycles. The Morgan fingerprint density at radius 2 is 1.69 bits per heavy atom. The zero-order valence-corrected chi connectivity index (χ0v) is 19.0. The van der Waals surface area contributed by atoms with E-state index < -0.39 is 5.82 Å². The number of anilines is 3. The SMILES string of the molecule is C=CC(=O)Nc1cccc(-c2nc(Nc3ccc4c(c3)OCCOCCOCCO4)ncc2F)c1. The van der Waals surface area contributed by atoms with Crippen molar-refractivity contribution in [1.29, 1.82) is 0 Å². The number of carbonyl (C=O) groups is 1. The summed E-state index contributed by atoms with van der Waals surface area (Å²) in [6.07, 6.45) is 2.24. The van der Waals surface area contributed by atoms with E-state index in [0.717, 1.165) is 12.3 Å². The number of fused-ring (bicyclic) bond motifs is 1. The van der Waals surface area contributed by atoms with Crippen LogP contribution in [0.4, 0.5) is 21.7 Å². The Bertz CT molecular complexity index is 1190. The first kappa shape index (κ1) is 24.1. The van der Waals surface area contributed by atoms with Crippen molar-refractivity contribution in [2.24, 2.45) is 0 Å². The smallest absolute Gasteiger partial charge is 0.247 e. The Hall–Kier alpha value is -4.02. The zero-order chi connectivity index (χ0) is 24.5. The molecule has 0 saturated heterocycles. The molecule has 3 aromatic rings. The summed E-state index contributed by atoms with van der Waals surface area (Å²) in [4.78, 5) is 20.0. The molecule has 1 aliphatic rings. The van der Waals surface area contributed by atoms with Crippen molar-refractivity contribution in [3.05, 3.63) is 67.1 Å². The first-order valence-electron chi connectivity index (χ1n) is 11.0. The first-order chi connectivity index (χ1) is 17.1. The molecule has 0 bridgehead atoms. The van der Waals surface area contributed by atoms with Crippen molar-refractivity contribution in [3.8, 4) is 22.8 Å². The maximum Gasteiger partial charge on any atom is 0.247 e. The third-order valence-electron chi connectivity index (χ3n) is 4.88. The molecular formula is C25H25FN4O5. The molecule has 1 aromatic heterocycles. The van der Waals surface area contributed by atoms with Gasteiger partial charge in [0.1, 0.15) is 18.9 Å². The summed E-state index contributed by atoms with van der Waals surface area (Å²) in [6.45, 7) is 5.99. The van der Waals surface area contributed by atoms with Crippen LogP contribution in [0.25, 0.3) is 11.3 Å². The standard InChI is InChI=1S/C25H25FN4O5/c1-2-23(31)28-18-5-3-4-17(14-18)24-20(26)16-27-25(30-24)29-19-6-7-21-22(15-19)35-13-11-33-9-8-32-10-12-34-21/h2-7,14-16H,1,8-13H2,(H,28,31)(H,27,29,30). The minimum atomic E-state index is -0.598. The van der Waals surface area contributed by atoms with Crippen molar-refractivity contribution in [3.63, 3.8) is 0 Å². The number of amides is 1. The molecule has 182 valence electrons.